The average molecular weight is 191 g/mol. The molecule has 4 nitrogen and oxygen atoms in total. The van der Waals surface area contributed by atoms with Gasteiger partial charge in [0.2, 0.25) is 0 Å². The van der Waals surface area contributed by atoms with E-state index in [4.69, 9.17) is 9.63 Å². The topological polar surface area (TPSA) is 63.3 Å². The third-order valence-electron chi connectivity index (χ3n) is 2.15. The summed E-state index contributed by atoms with van der Waals surface area (Å²) < 4.78 is 4.88. The minimum atomic E-state index is -1.06. The third kappa shape index (κ3) is 1.25. The van der Waals surface area contributed by atoms with Gasteiger partial charge in [0, 0.05) is 0 Å². The number of carboxylic acid groups (broad SMARTS) is 1. The maximum atomic E-state index is 10.8. The summed E-state index contributed by atoms with van der Waals surface area (Å²) in [6, 6.07) is 5.45. The largest absolute Gasteiger partial charge is 0.476 e. The molecular formula is C10H9NO3. The Balaban J connectivity index is 2.69. The van der Waals surface area contributed by atoms with Crippen molar-refractivity contribution in [1.29, 1.82) is 0 Å². The summed E-state index contributed by atoms with van der Waals surface area (Å²) in [4.78, 5) is 10.8. The summed E-state index contributed by atoms with van der Waals surface area (Å²) in [5, 5.41) is 12.9. The summed E-state index contributed by atoms with van der Waals surface area (Å²) in [6.07, 6.45) is 0.861. The minimum Gasteiger partial charge on any atom is -0.476 e. The Hall–Kier alpha value is -1.84. The van der Waals surface area contributed by atoms with E-state index in [1.165, 1.54) is 0 Å². The number of aromatic nitrogens is 1. The smallest absolute Gasteiger partial charge is 0.358 e. The molecule has 0 atom stereocenters. The molecule has 0 spiro atoms. The van der Waals surface area contributed by atoms with Crippen LogP contribution in [0.3, 0.4) is 0 Å². The van der Waals surface area contributed by atoms with Gasteiger partial charge in [0.15, 0.2) is 11.3 Å². The van der Waals surface area contributed by atoms with Crippen molar-refractivity contribution in [2.45, 2.75) is 13.3 Å². The van der Waals surface area contributed by atoms with E-state index in [9.17, 15) is 4.79 Å². The van der Waals surface area contributed by atoms with E-state index in [-0.39, 0.29) is 5.69 Å². The fourth-order valence-corrected chi connectivity index (χ4v) is 1.36. The van der Waals surface area contributed by atoms with Crippen LogP contribution in [0.5, 0.6) is 0 Å². The molecule has 0 aliphatic heterocycles. The van der Waals surface area contributed by atoms with Gasteiger partial charge in [0.1, 0.15) is 0 Å². The van der Waals surface area contributed by atoms with Crippen molar-refractivity contribution in [3.63, 3.8) is 0 Å². The van der Waals surface area contributed by atoms with Crippen molar-refractivity contribution in [1.82, 2.24) is 5.16 Å². The van der Waals surface area contributed by atoms with Crippen molar-refractivity contribution in [3.8, 4) is 0 Å². The van der Waals surface area contributed by atoms with Crippen molar-refractivity contribution < 1.29 is 14.4 Å². The minimum absolute atomic E-state index is 0.0182. The highest BCUT2D eigenvalue weighted by Gasteiger charge is 2.14. The van der Waals surface area contributed by atoms with Crippen molar-refractivity contribution in [2.24, 2.45) is 0 Å². The first-order valence-corrected chi connectivity index (χ1v) is 4.34. The van der Waals surface area contributed by atoms with Crippen LogP contribution in [-0.4, -0.2) is 16.2 Å². The number of carboxylic acids is 1. The molecule has 0 radical (unpaired) electrons. The molecule has 72 valence electrons. The molecule has 0 saturated carbocycles. The number of hydrogen-bond acceptors (Lipinski definition) is 3. The van der Waals surface area contributed by atoms with E-state index in [0.717, 1.165) is 12.0 Å². The summed E-state index contributed by atoms with van der Waals surface area (Å²) in [5.41, 5.74) is 1.57. The monoisotopic (exact) mass is 191 g/mol. The highest BCUT2D eigenvalue weighted by molar-refractivity contribution is 6.00. The summed E-state index contributed by atoms with van der Waals surface area (Å²) in [6.45, 7) is 2.01. The molecule has 0 bridgehead atoms. The Morgan fingerprint density at radius 2 is 2.36 bits per heavy atom. The summed E-state index contributed by atoms with van der Waals surface area (Å²) in [7, 11) is 0. The maximum Gasteiger partial charge on any atom is 0.358 e. The normalized spacial score (nSPS) is 10.6. The Kier molecular flexibility index (Phi) is 1.96. The first-order chi connectivity index (χ1) is 6.72. The van der Waals surface area contributed by atoms with Crippen molar-refractivity contribution in [2.75, 3.05) is 0 Å². The molecule has 1 heterocycles. The number of benzene rings is 1. The van der Waals surface area contributed by atoms with Crippen LogP contribution in [0.15, 0.2) is 22.7 Å². The van der Waals surface area contributed by atoms with E-state index in [0.29, 0.717) is 11.0 Å². The highest BCUT2D eigenvalue weighted by Crippen LogP contribution is 2.20. The molecule has 0 unspecified atom stereocenters. The highest BCUT2D eigenvalue weighted by atomic mass is 16.5. The zero-order valence-electron chi connectivity index (χ0n) is 7.65. The lowest BCUT2D eigenvalue weighted by Gasteiger charge is -1.94. The number of nitrogens with zero attached hydrogens (tertiary/aromatic N) is 1. The Morgan fingerprint density at radius 1 is 1.57 bits per heavy atom. The standard InChI is InChI=1S/C10H9NO3/c1-2-6-3-4-8-7(5-6)9(10(12)13)11-14-8/h3-5H,2H2,1H3,(H,12,13). The van der Waals surface area contributed by atoms with Gasteiger partial charge in [-0.25, -0.2) is 4.79 Å². The Labute approximate surface area is 80.1 Å². The van der Waals surface area contributed by atoms with E-state index in [1.54, 1.807) is 12.1 Å². The van der Waals surface area contributed by atoms with Gasteiger partial charge in [0.05, 0.1) is 5.39 Å². The van der Waals surface area contributed by atoms with Gasteiger partial charge in [0.25, 0.3) is 0 Å². The molecule has 1 aromatic heterocycles. The number of carbonyl (C=O) groups is 1. The van der Waals surface area contributed by atoms with Crippen LogP contribution in [0, 0.1) is 0 Å². The molecule has 2 aromatic rings. The zero-order chi connectivity index (χ0) is 10.1. The van der Waals surface area contributed by atoms with Crippen LogP contribution in [0.25, 0.3) is 11.0 Å². The number of rotatable bonds is 2. The molecule has 0 saturated heterocycles. The maximum absolute atomic E-state index is 10.8. The Bertz CT molecular complexity index is 487. The predicted molar refractivity (Wildman–Crippen MR) is 50.3 cm³/mol. The van der Waals surface area contributed by atoms with Gasteiger partial charge in [-0.05, 0) is 24.1 Å². The van der Waals surface area contributed by atoms with Gasteiger partial charge >= 0.3 is 5.97 Å². The third-order valence-corrected chi connectivity index (χ3v) is 2.15. The number of hydrogen-bond donors (Lipinski definition) is 1. The van der Waals surface area contributed by atoms with Crippen LogP contribution >= 0.6 is 0 Å². The lowest BCUT2D eigenvalue weighted by atomic mass is 10.1. The Morgan fingerprint density at radius 3 is 3.00 bits per heavy atom. The molecule has 4 heteroatoms. The van der Waals surface area contributed by atoms with Gasteiger partial charge in [-0.2, -0.15) is 0 Å². The zero-order valence-corrected chi connectivity index (χ0v) is 7.65. The first-order valence-electron chi connectivity index (χ1n) is 4.34. The molecular weight excluding hydrogens is 182 g/mol. The lowest BCUT2D eigenvalue weighted by Crippen LogP contribution is -1.96. The molecule has 2 rings (SSSR count). The molecule has 0 aliphatic rings. The van der Waals surface area contributed by atoms with Crippen molar-refractivity contribution >= 4 is 16.9 Å². The van der Waals surface area contributed by atoms with Crippen LogP contribution in [-0.2, 0) is 6.42 Å². The molecule has 0 fully saturated rings. The van der Waals surface area contributed by atoms with Gasteiger partial charge < -0.3 is 9.63 Å². The first kappa shape index (κ1) is 8.74. The van der Waals surface area contributed by atoms with Gasteiger partial charge in [-0.1, -0.05) is 18.1 Å². The quantitative estimate of drug-likeness (QED) is 0.789. The van der Waals surface area contributed by atoms with E-state index in [1.807, 2.05) is 13.0 Å². The van der Waals surface area contributed by atoms with Crippen molar-refractivity contribution in [3.05, 3.63) is 29.5 Å². The second-order valence-electron chi connectivity index (χ2n) is 3.02. The molecule has 1 N–H and O–H groups in total. The molecule has 0 amide bonds. The summed E-state index contributed by atoms with van der Waals surface area (Å²) in [5.74, 6) is -1.06. The lowest BCUT2D eigenvalue weighted by molar-refractivity contribution is 0.0688. The number of aryl methyl sites for hydroxylation is 1. The van der Waals surface area contributed by atoms with Crippen LogP contribution in [0.1, 0.15) is 23.0 Å². The summed E-state index contributed by atoms with van der Waals surface area (Å²) >= 11 is 0. The van der Waals surface area contributed by atoms with E-state index >= 15 is 0 Å². The second kappa shape index (κ2) is 3.14. The van der Waals surface area contributed by atoms with Crippen LogP contribution < -0.4 is 0 Å². The SMILES string of the molecule is CCc1ccc2onc(C(=O)O)c2c1. The number of fused-ring (bicyclic) bond motifs is 1. The fourth-order valence-electron chi connectivity index (χ4n) is 1.36. The predicted octanol–water partition coefficient (Wildman–Crippen LogP) is 2.09. The van der Waals surface area contributed by atoms with Crippen LogP contribution in [0.2, 0.25) is 0 Å². The second-order valence-corrected chi connectivity index (χ2v) is 3.02. The van der Waals surface area contributed by atoms with E-state index < -0.39 is 5.97 Å². The number of aromatic carboxylic acids is 1. The van der Waals surface area contributed by atoms with Gasteiger partial charge in [-0.3, -0.25) is 0 Å². The molecule has 14 heavy (non-hydrogen) atoms. The molecule has 1 aromatic carbocycles. The fraction of sp³-hybridized carbons (Fsp3) is 0.200. The molecule has 0 aliphatic carbocycles. The van der Waals surface area contributed by atoms with Crippen LogP contribution in [0.4, 0.5) is 0 Å². The average Bonchev–Trinajstić information content (AvgIpc) is 2.59. The van der Waals surface area contributed by atoms with Gasteiger partial charge in [-0.15, -0.1) is 0 Å². The van der Waals surface area contributed by atoms with E-state index in [2.05, 4.69) is 5.16 Å².